The zero-order valence-electron chi connectivity index (χ0n) is 5.63. The summed E-state index contributed by atoms with van der Waals surface area (Å²) < 4.78 is 0. The molecule has 0 spiro atoms. The molecule has 0 aliphatic heterocycles. The highest BCUT2D eigenvalue weighted by molar-refractivity contribution is 5.70. The van der Waals surface area contributed by atoms with Gasteiger partial charge in [0.15, 0.2) is 0 Å². The van der Waals surface area contributed by atoms with Crippen LogP contribution in [-0.2, 0) is 4.79 Å². The average molecular weight is 149 g/mol. The fourth-order valence-corrected chi connectivity index (χ4v) is 0. The maximum atomic E-state index is 9.37. The van der Waals surface area contributed by atoms with Gasteiger partial charge in [0.1, 0.15) is 0 Å². The lowest BCUT2D eigenvalue weighted by Crippen LogP contribution is -2.34. The molecule has 0 radical (unpaired) electrons. The monoisotopic (exact) mass is 149 g/mol. The molecule has 0 aliphatic rings. The molecule has 0 unspecified atom stereocenters. The van der Waals surface area contributed by atoms with Crippen molar-refractivity contribution >= 4 is 12.0 Å². The molecule has 6 heteroatoms. The third-order valence-corrected chi connectivity index (χ3v) is 0.445. The van der Waals surface area contributed by atoms with E-state index in [9.17, 15) is 9.59 Å². The second kappa shape index (κ2) is 7.70. The first-order valence-electron chi connectivity index (χ1n) is 2.52. The number of primary amides is 1. The van der Waals surface area contributed by atoms with E-state index >= 15 is 0 Å². The van der Waals surface area contributed by atoms with Crippen LogP contribution in [0, 0.1) is 0 Å². The molecule has 0 aromatic rings. The molecule has 6 N–H and O–H groups in total. The molecular formula is C4H11N3O3. The first kappa shape index (κ1) is 11.5. The van der Waals surface area contributed by atoms with Crippen LogP contribution in [0.15, 0.2) is 0 Å². The SMILES string of the molecule is CCC(=O)O.NNC(N)=O. The van der Waals surface area contributed by atoms with Gasteiger partial charge in [-0.05, 0) is 0 Å². The lowest BCUT2D eigenvalue weighted by atomic mass is 10.5. The molecule has 0 atom stereocenters. The van der Waals surface area contributed by atoms with Crippen LogP contribution in [0.25, 0.3) is 0 Å². The zero-order valence-corrected chi connectivity index (χ0v) is 5.63. The fourth-order valence-electron chi connectivity index (χ4n) is 0. The van der Waals surface area contributed by atoms with Crippen LogP contribution in [0.2, 0.25) is 0 Å². The third-order valence-electron chi connectivity index (χ3n) is 0.445. The van der Waals surface area contributed by atoms with Crippen molar-refractivity contribution in [1.29, 1.82) is 0 Å². The van der Waals surface area contributed by atoms with E-state index in [0.717, 1.165) is 0 Å². The topological polar surface area (TPSA) is 118 Å². The molecule has 0 aromatic carbocycles. The number of amides is 2. The highest BCUT2D eigenvalue weighted by atomic mass is 16.4. The van der Waals surface area contributed by atoms with E-state index in [1.54, 1.807) is 12.3 Å². The summed E-state index contributed by atoms with van der Waals surface area (Å²) in [5.74, 6) is 3.70. The standard InChI is InChI=1S/C3H6O2.CH5N3O/c1-2-3(4)5;2-1(5)4-3/h2H2,1H3,(H,4,5);3H2,(H3,2,4,5). The number of carbonyl (C=O) groups is 2. The summed E-state index contributed by atoms with van der Waals surface area (Å²) in [7, 11) is 0. The van der Waals surface area contributed by atoms with Crippen LogP contribution < -0.4 is 17.0 Å². The first-order chi connectivity index (χ1) is 4.54. The number of nitrogens with two attached hydrogens (primary N) is 2. The number of hydrogen-bond acceptors (Lipinski definition) is 3. The fraction of sp³-hybridized carbons (Fsp3) is 0.500. The summed E-state index contributed by atoms with van der Waals surface area (Å²) in [5.41, 5.74) is 6.08. The van der Waals surface area contributed by atoms with Crippen LogP contribution in [0.1, 0.15) is 13.3 Å². The Balaban J connectivity index is 0. The number of nitrogens with one attached hydrogen (secondary N) is 1. The van der Waals surface area contributed by atoms with Crippen molar-refractivity contribution in [2.24, 2.45) is 11.6 Å². The summed E-state index contributed by atoms with van der Waals surface area (Å²) in [4.78, 5) is 18.7. The molecule has 0 aliphatic carbocycles. The maximum absolute atomic E-state index is 9.37. The molecule has 0 fully saturated rings. The molecule has 0 rings (SSSR count). The smallest absolute Gasteiger partial charge is 0.326 e. The van der Waals surface area contributed by atoms with Gasteiger partial charge >= 0.3 is 12.0 Å². The van der Waals surface area contributed by atoms with E-state index in [2.05, 4.69) is 11.6 Å². The average Bonchev–Trinajstić information content (AvgIpc) is 1.89. The van der Waals surface area contributed by atoms with Gasteiger partial charge < -0.3 is 10.8 Å². The Morgan fingerprint density at radius 2 is 1.80 bits per heavy atom. The second-order valence-corrected chi connectivity index (χ2v) is 1.26. The Morgan fingerprint density at radius 3 is 1.80 bits per heavy atom. The molecule has 0 saturated heterocycles. The van der Waals surface area contributed by atoms with Crippen LogP contribution in [-0.4, -0.2) is 17.1 Å². The Hall–Kier alpha value is -1.30. The minimum absolute atomic E-state index is 0.222. The van der Waals surface area contributed by atoms with Gasteiger partial charge in [0, 0.05) is 6.42 Å². The number of aliphatic carboxylic acids is 1. The molecule has 0 saturated carbocycles. The van der Waals surface area contributed by atoms with Crippen LogP contribution in [0.3, 0.4) is 0 Å². The van der Waals surface area contributed by atoms with E-state index in [4.69, 9.17) is 5.11 Å². The van der Waals surface area contributed by atoms with E-state index < -0.39 is 12.0 Å². The van der Waals surface area contributed by atoms with E-state index in [-0.39, 0.29) is 6.42 Å². The molecule has 10 heavy (non-hydrogen) atoms. The van der Waals surface area contributed by atoms with Crippen molar-refractivity contribution < 1.29 is 14.7 Å². The van der Waals surface area contributed by atoms with Crippen molar-refractivity contribution in [3.8, 4) is 0 Å². The molecule has 0 aromatic heterocycles. The van der Waals surface area contributed by atoms with Gasteiger partial charge in [0.05, 0.1) is 0 Å². The van der Waals surface area contributed by atoms with Crippen molar-refractivity contribution in [2.45, 2.75) is 13.3 Å². The molecule has 60 valence electrons. The number of hydrazine groups is 1. The summed E-state index contributed by atoms with van der Waals surface area (Å²) in [6.07, 6.45) is 0.222. The molecular weight excluding hydrogens is 138 g/mol. The molecule has 0 heterocycles. The normalized spacial score (nSPS) is 7.00. The molecule has 2 amide bonds. The third kappa shape index (κ3) is 29.9. The van der Waals surface area contributed by atoms with Crippen molar-refractivity contribution in [1.82, 2.24) is 5.43 Å². The van der Waals surface area contributed by atoms with E-state index in [1.165, 1.54) is 0 Å². The quantitative estimate of drug-likeness (QED) is 0.217. The highest BCUT2D eigenvalue weighted by Crippen LogP contribution is 1.67. The maximum Gasteiger partial charge on any atom is 0.326 e. The number of rotatable bonds is 1. The summed E-state index contributed by atoms with van der Waals surface area (Å²) in [5, 5.41) is 7.72. The van der Waals surface area contributed by atoms with E-state index in [1.807, 2.05) is 0 Å². The Morgan fingerprint density at radius 1 is 1.60 bits per heavy atom. The second-order valence-electron chi connectivity index (χ2n) is 1.26. The number of hydrogen-bond donors (Lipinski definition) is 4. The van der Waals surface area contributed by atoms with Crippen molar-refractivity contribution in [2.75, 3.05) is 0 Å². The van der Waals surface area contributed by atoms with Crippen LogP contribution in [0.4, 0.5) is 4.79 Å². The minimum atomic E-state index is -0.745. The lowest BCUT2D eigenvalue weighted by Gasteiger charge is -1.81. The lowest BCUT2D eigenvalue weighted by molar-refractivity contribution is -0.136. The summed E-state index contributed by atoms with van der Waals surface area (Å²) >= 11 is 0. The largest absolute Gasteiger partial charge is 0.481 e. The number of carboxylic acids is 1. The molecule has 0 bridgehead atoms. The number of carbonyl (C=O) groups excluding carboxylic acids is 1. The summed E-state index contributed by atoms with van der Waals surface area (Å²) in [6, 6.07) is -0.718. The minimum Gasteiger partial charge on any atom is -0.481 e. The summed E-state index contributed by atoms with van der Waals surface area (Å²) in [6.45, 7) is 1.60. The van der Waals surface area contributed by atoms with Gasteiger partial charge in [0.25, 0.3) is 0 Å². The van der Waals surface area contributed by atoms with Crippen molar-refractivity contribution in [3.63, 3.8) is 0 Å². The van der Waals surface area contributed by atoms with E-state index in [0.29, 0.717) is 0 Å². The number of urea groups is 1. The van der Waals surface area contributed by atoms with Gasteiger partial charge in [0.2, 0.25) is 0 Å². The van der Waals surface area contributed by atoms with Crippen LogP contribution >= 0.6 is 0 Å². The van der Waals surface area contributed by atoms with Gasteiger partial charge in [-0.15, -0.1) is 0 Å². The van der Waals surface area contributed by atoms with Crippen LogP contribution in [0.5, 0.6) is 0 Å². The zero-order chi connectivity index (χ0) is 8.57. The number of carboxylic acid groups (broad SMARTS) is 1. The van der Waals surface area contributed by atoms with Gasteiger partial charge in [-0.25, -0.2) is 10.6 Å². The first-order valence-corrected chi connectivity index (χ1v) is 2.52. The predicted molar refractivity (Wildman–Crippen MR) is 34.8 cm³/mol. The van der Waals surface area contributed by atoms with Gasteiger partial charge in [-0.2, -0.15) is 0 Å². The Kier molecular flexibility index (Phi) is 8.85. The van der Waals surface area contributed by atoms with Gasteiger partial charge in [-0.3, -0.25) is 10.2 Å². The Labute approximate surface area is 58.2 Å². The molecule has 6 nitrogen and oxygen atoms in total. The highest BCUT2D eigenvalue weighted by Gasteiger charge is 1.80. The van der Waals surface area contributed by atoms with Gasteiger partial charge in [-0.1, -0.05) is 6.92 Å². The van der Waals surface area contributed by atoms with Crippen molar-refractivity contribution in [3.05, 3.63) is 0 Å². The Bertz CT molecular complexity index is 100. The predicted octanol–water partition coefficient (Wildman–Crippen LogP) is -0.991.